The molecule has 7 heteroatoms. The molecule has 40 heavy (non-hydrogen) atoms. The zero-order chi connectivity index (χ0) is 28.5. The topological polar surface area (TPSA) is 58.6 Å². The van der Waals surface area contributed by atoms with Gasteiger partial charge in [-0.1, -0.05) is 105 Å². The van der Waals surface area contributed by atoms with Crippen LogP contribution in [0.4, 0.5) is 0 Å². The van der Waals surface area contributed by atoms with Gasteiger partial charge in [0, 0.05) is 19.0 Å². The molecule has 0 unspecified atom stereocenters. The number of benzene rings is 3. The highest BCUT2D eigenvalue weighted by atomic mass is 35.5. The number of hydrogen-bond acceptors (Lipinski definition) is 3. The summed E-state index contributed by atoms with van der Waals surface area (Å²) >= 11 is 12.5. The predicted octanol–water partition coefficient (Wildman–Crippen LogP) is 7.58. The third kappa shape index (κ3) is 8.49. The van der Waals surface area contributed by atoms with Gasteiger partial charge >= 0.3 is 0 Å². The van der Waals surface area contributed by atoms with Crippen LogP contribution in [0.2, 0.25) is 10.0 Å². The maximum Gasteiger partial charge on any atom is 0.261 e. The van der Waals surface area contributed by atoms with Gasteiger partial charge in [-0.25, -0.2) is 0 Å². The molecule has 0 aliphatic heterocycles. The van der Waals surface area contributed by atoms with Crippen molar-refractivity contribution in [1.82, 2.24) is 10.2 Å². The van der Waals surface area contributed by atoms with Crippen molar-refractivity contribution in [3.8, 4) is 5.75 Å². The van der Waals surface area contributed by atoms with Gasteiger partial charge in [0.1, 0.15) is 11.8 Å². The molecule has 1 N–H and O–H groups in total. The quantitative estimate of drug-likeness (QED) is 0.254. The molecule has 0 saturated heterocycles. The number of ether oxygens (including phenoxy) is 1. The van der Waals surface area contributed by atoms with Gasteiger partial charge in [-0.15, -0.1) is 0 Å². The molecule has 1 fully saturated rings. The molecule has 4 rings (SSSR count). The summed E-state index contributed by atoms with van der Waals surface area (Å²) in [6, 6.07) is 22.3. The van der Waals surface area contributed by atoms with Crippen molar-refractivity contribution in [2.24, 2.45) is 0 Å². The Bertz CT molecular complexity index is 1260. The van der Waals surface area contributed by atoms with Crippen LogP contribution in [0, 0.1) is 0 Å². The smallest absolute Gasteiger partial charge is 0.261 e. The fraction of sp³-hybridized carbons (Fsp3) is 0.394. The minimum atomic E-state index is -0.724. The van der Waals surface area contributed by atoms with Crippen LogP contribution in [0.25, 0.3) is 0 Å². The van der Waals surface area contributed by atoms with Crippen LogP contribution >= 0.6 is 23.2 Å². The van der Waals surface area contributed by atoms with Crippen molar-refractivity contribution < 1.29 is 14.3 Å². The van der Waals surface area contributed by atoms with E-state index in [1.54, 1.807) is 17.0 Å². The molecule has 1 aliphatic carbocycles. The molecule has 0 radical (unpaired) electrons. The molecule has 2 amide bonds. The maximum absolute atomic E-state index is 13.9. The number of rotatable bonds is 11. The number of halogens is 2. The third-order valence-corrected chi connectivity index (χ3v) is 8.21. The Morgan fingerprint density at radius 3 is 2.25 bits per heavy atom. The molecule has 0 spiro atoms. The molecule has 3 aromatic carbocycles. The van der Waals surface area contributed by atoms with Crippen LogP contribution in [0.1, 0.15) is 68.6 Å². The van der Waals surface area contributed by atoms with Gasteiger partial charge in [0.05, 0.1) is 10.0 Å². The zero-order valence-electron chi connectivity index (χ0n) is 23.2. The first-order chi connectivity index (χ1) is 19.3. The third-order valence-electron chi connectivity index (χ3n) is 7.47. The lowest BCUT2D eigenvalue weighted by atomic mass is 9.94. The first kappa shape index (κ1) is 30.0. The summed E-state index contributed by atoms with van der Waals surface area (Å²) in [7, 11) is 0. The normalized spacial score (nSPS) is 14.5. The molecular weight excluding hydrogens is 543 g/mol. The summed E-state index contributed by atoms with van der Waals surface area (Å²) in [4.78, 5) is 29.3. The number of nitrogens with one attached hydrogen (secondary N) is 1. The number of carbonyl (C=O) groups excluding carboxylic acids is 2. The zero-order valence-corrected chi connectivity index (χ0v) is 24.8. The summed E-state index contributed by atoms with van der Waals surface area (Å²) in [5.74, 6) is 0.585. The Hall–Kier alpha value is -3.02. The molecule has 212 valence electrons. The SMILES string of the molecule is CC(C)c1ccc(OCC(=O)N(Cc2ccc(Cl)c(Cl)c2)[C@@H](Cc2ccccc2)C(=O)NC2CCCCC2)cc1. The molecular formula is C33H38Cl2N2O3. The lowest BCUT2D eigenvalue weighted by Gasteiger charge is -2.33. The number of carbonyl (C=O) groups is 2. The van der Waals surface area contributed by atoms with E-state index < -0.39 is 6.04 Å². The highest BCUT2D eigenvalue weighted by Gasteiger charge is 2.32. The van der Waals surface area contributed by atoms with Crippen molar-refractivity contribution in [3.05, 3.63) is 99.5 Å². The van der Waals surface area contributed by atoms with Gasteiger partial charge < -0.3 is 15.0 Å². The monoisotopic (exact) mass is 580 g/mol. The van der Waals surface area contributed by atoms with Gasteiger partial charge in [-0.3, -0.25) is 9.59 Å². The number of hydrogen-bond donors (Lipinski definition) is 1. The average molecular weight is 582 g/mol. The highest BCUT2D eigenvalue weighted by molar-refractivity contribution is 6.42. The van der Waals surface area contributed by atoms with Crippen LogP contribution in [-0.4, -0.2) is 35.4 Å². The minimum Gasteiger partial charge on any atom is -0.484 e. The van der Waals surface area contributed by atoms with Crippen LogP contribution < -0.4 is 10.1 Å². The molecule has 1 saturated carbocycles. The first-order valence-electron chi connectivity index (χ1n) is 14.1. The van der Waals surface area contributed by atoms with E-state index in [0.717, 1.165) is 36.8 Å². The lowest BCUT2D eigenvalue weighted by Crippen LogP contribution is -2.53. The van der Waals surface area contributed by atoms with Crippen molar-refractivity contribution in [2.75, 3.05) is 6.61 Å². The minimum absolute atomic E-state index is 0.122. The Morgan fingerprint density at radius 2 is 1.60 bits per heavy atom. The number of amides is 2. The lowest BCUT2D eigenvalue weighted by molar-refractivity contribution is -0.143. The summed E-state index contributed by atoms with van der Waals surface area (Å²) in [6.07, 6.45) is 5.69. The highest BCUT2D eigenvalue weighted by Crippen LogP contribution is 2.25. The van der Waals surface area contributed by atoms with E-state index in [2.05, 4.69) is 19.2 Å². The maximum atomic E-state index is 13.9. The summed E-state index contributed by atoms with van der Waals surface area (Å²) < 4.78 is 5.92. The molecule has 1 atom stereocenters. The number of nitrogens with zero attached hydrogens (tertiary/aromatic N) is 1. The van der Waals surface area contributed by atoms with Gasteiger partial charge in [0.15, 0.2) is 6.61 Å². The average Bonchev–Trinajstić information content (AvgIpc) is 2.96. The first-order valence-corrected chi connectivity index (χ1v) is 14.9. The van der Waals surface area contributed by atoms with Crippen LogP contribution in [-0.2, 0) is 22.6 Å². The summed E-state index contributed by atoms with van der Waals surface area (Å²) in [6.45, 7) is 4.27. The van der Waals surface area contributed by atoms with Gasteiger partial charge in [0.2, 0.25) is 5.91 Å². The van der Waals surface area contributed by atoms with Crippen molar-refractivity contribution >= 4 is 35.0 Å². The Kier molecular flexibility index (Phi) is 10.9. The van der Waals surface area contributed by atoms with E-state index >= 15 is 0 Å². The van der Waals surface area contributed by atoms with Gasteiger partial charge in [0.25, 0.3) is 5.91 Å². The van der Waals surface area contributed by atoms with Crippen LogP contribution in [0.5, 0.6) is 5.75 Å². The molecule has 0 heterocycles. The summed E-state index contributed by atoms with van der Waals surface area (Å²) in [5.41, 5.74) is 2.96. The van der Waals surface area contributed by atoms with Crippen molar-refractivity contribution in [3.63, 3.8) is 0 Å². The standard InChI is InChI=1S/C33H38Cl2N2O3/c1-23(2)26-14-16-28(17-15-26)40-22-32(38)37(21-25-13-18-29(34)30(35)19-25)31(20-24-9-5-3-6-10-24)33(39)36-27-11-7-4-8-12-27/h3,5-6,9-10,13-19,23,27,31H,4,7-8,11-12,20-22H2,1-2H3,(H,36,39)/t31-/m0/s1. The van der Waals surface area contributed by atoms with Gasteiger partial charge in [-0.2, -0.15) is 0 Å². The fourth-order valence-electron chi connectivity index (χ4n) is 5.11. The second-order valence-corrected chi connectivity index (χ2v) is 11.6. The second-order valence-electron chi connectivity index (χ2n) is 10.8. The van der Waals surface area contributed by atoms with E-state index in [4.69, 9.17) is 27.9 Å². The Balaban J connectivity index is 1.60. The second kappa shape index (κ2) is 14.6. The van der Waals surface area contributed by atoms with Gasteiger partial charge in [-0.05, 0) is 59.7 Å². The van der Waals surface area contributed by atoms with Crippen LogP contribution in [0.15, 0.2) is 72.8 Å². The van der Waals surface area contributed by atoms with E-state index in [9.17, 15) is 9.59 Å². The molecule has 3 aromatic rings. The van der Waals surface area contributed by atoms with E-state index in [1.807, 2.05) is 60.7 Å². The Morgan fingerprint density at radius 1 is 0.900 bits per heavy atom. The molecule has 1 aliphatic rings. The molecule has 0 aromatic heterocycles. The van der Waals surface area contributed by atoms with Crippen molar-refractivity contribution in [1.29, 1.82) is 0 Å². The fourth-order valence-corrected chi connectivity index (χ4v) is 5.43. The largest absolute Gasteiger partial charge is 0.484 e. The predicted molar refractivity (Wildman–Crippen MR) is 162 cm³/mol. The van der Waals surface area contributed by atoms with Crippen LogP contribution in [0.3, 0.4) is 0 Å². The van der Waals surface area contributed by atoms with Crippen molar-refractivity contribution in [2.45, 2.75) is 76.9 Å². The van der Waals surface area contributed by atoms with E-state index in [-0.39, 0.29) is 31.0 Å². The molecule has 0 bridgehead atoms. The summed E-state index contributed by atoms with van der Waals surface area (Å²) in [5, 5.41) is 4.09. The Labute approximate surface area is 247 Å². The van der Waals surface area contributed by atoms with E-state index in [0.29, 0.717) is 28.1 Å². The molecule has 5 nitrogen and oxygen atoms in total. The van der Waals surface area contributed by atoms with E-state index in [1.165, 1.54) is 12.0 Å².